The molecule has 2 heterocycles. The van der Waals surface area contributed by atoms with E-state index in [0.717, 1.165) is 22.5 Å². The van der Waals surface area contributed by atoms with Crippen molar-refractivity contribution in [1.82, 2.24) is 24.2 Å². The van der Waals surface area contributed by atoms with Gasteiger partial charge in [-0.05, 0) is 67.3 Å². The Morgan fingerprint density at radius 1 is 1.10 bits per heavy atom. The van der Waals surface area contributed by atoms with E-state index in [9.17, 15) is 21.6 Å². The van der Waals surface area contributed by atoms with E-state index in [4.69, 9.17) is 5.41 Å². The van der Waals surface area contributed by atoms with Gasteiger partial charge in [-0.15, -0.1) is 5.10 Å². The molecule has 0 saturated carbocycles. The van der Waals surface area contributed by atoms with Crippen molar-refractivity contribution >= 4 is 27.6 Å². The number of alkyl halides is 2. The van der Waals surface area contributed by atoms with Crippen LogP contribution in [-0.4, -0.2) is 71.4 Å². The van der Waals surface area contributed by atoms with Crippen molar-refractivity contribution in [3.63, 3.8) is 0 Å². The molecule has 1 aliphatic rings. The third-order valence-corrected chi connectivity index (χ3v) is 8.67. The Labute approximate surface area is 232 Å². The lowest BCUT2D eigenvalue weighted by Crippen LogP contribution is -2.51. The molecular weight excluding hydrogens is 543 g/mol. The lowest BCUT2D eigenvalue weighted by molar-refractivity contribution is 0.104. The quantitative estimate of drug-likeness (QED) is 0.337. The second kappa shape index (κ2) is 12.1. The Morgan fingerprint density at radius 3 is 2.42 bits per heavy atom. The number of hydrogen-bond acceptors (Lipinski definition) is 7. The smallest absolute Gasteiger partial charge is 0.264 e. The molecule has 0 amide bonds. The minimum absolute atomic E-state index is 0.0697. The van der Waals surface area contributed by atoms with Gasteiger partial charge < -0.3 is 10.7 Å². The fraction of sp³-hybridized carbons (Fsp3) is 0.444. The molecule has 40 heavy (non-hydrogen) atoms. The van der Waals surface area contributed by atoms with Crippen molar-refractivity contribution in [2.75, 3.05) is 31.5 Å². The molecule has 0 unspecified atom stereocenters. The normalized spacial score (nSPS) is 17.1. The number of aryl methyl sites for hydroxylation is 2. The van der Waals surface area contributed by atoms with Gasteiger partial charge in [-0.1, -0.05) is 13.8 Å². The molecule has 1 aromatic heterocycles. The number of sulfonamides is 1. The number of anilines is 2. The summed E-state index contributed by atoms with van der Waals surface area (Å²) in [4.78, 5) is 2.97. The Bertz CT molecular complexity index is 1460. The predicted octanol–water partition coefficient (Wildman–Crippen LogP) is 4.74. The van der Waals surface area contributed by atoms with Gasteiger partial charge in [-0.3, -0.25) is 4.90 Å². The first-order valence-electron chi connectivity index (χ1n) is 13.0. The molecule has 1 aliphatic heterocycles. The average molecular weight is 578 g/mol. The van der Waals surface area contributed by atoms with Crippen molar-refractivity contribution < 1.29 is 21.6 Å². The molecule has 2 N–H and O–H groups in total. The van der Waals surface area contributed by atoms with Crippen molar-refractivity contribution in [2.45, 2.75) is 51.7 Å². The Kier molecular flexibility index (Phi) is 8.96. The van der Waals surface area contributed by atoms with Gasteiger partial charge in [-0.25, -0.2) is 21.6 Å². The van der Waals surface area contributed by atoms with Crippen molar-refractivity contribution in [3.05, 3.63) is 64.6 Å². The molecule has 0 bridgehead atoms. The second-order valence-electron chi connectivity index (χ2n) is 10.4. The largest absolute Gasteiger partial charge is 0.355 e. The molecule has 4 rings (SSSR count). The zero-order valence-corrected chi connectivity index (χ0v) is 23.7. The van der Waals surface area contributed by atoms with Crippen molar-refractivity contribution in [1.29, 1.82) is 5.41 Å². The molecule has 0 radical (unpaired) electrons. The van der Waals surface area contributed by atoms with E-state index in [2.05, 4.69) is 34.3 Å². The number of nitrogens with zero attached hydrogens (tertiary/aromatic N) is 5. The van der Waals surface area contributed by atoms with Gasteiger partial charge in [0, 0.05) is 55.4 Å². The fourth-order valence-corrected chi connectivity index (χ4v) is 6.51. The van der Waals surface area contributed by atoms with Crippen LogP contribution in [0.3, 0.4) is 0 Å². The van der Waals surface area contributed by atoms with Crippen molar-refractivity contribution in [3.8, 4) is 0 Å². The van der Waals surface area contributed by atoms with Crippen LogP contribution in [-0.2, 0) is 16.6 Å². The Morgan fingerprint density at radius 2 is 1.80 bits per heavy atom. The van der Waals surface area contributed by atoms with Gasteiger partial charge in [0.1, 0.15) is 18.1 Å². The second-order valence-corrected chi connectivity index (χ2v) is 12.2. The van der Waals surface area contributed by atoms with E-state index in [0.29, 0.717) is 29.4 Å². The highest BCUT2D eigenvalue weighted by atomic mass is 32.2. The van der Waals surface area contributed by atoms with E-state index >= 15 is 0 Å². The monoisotopic (exact) mass is 577 g/mol. The lowest BCUT2D eigenvalue weighted by Gasteiger charge is -2.42. The topological polar surface area (TPSA) is 107 Å². The summed E-state index contributed by atoms with van der Waals surface area (Å²) in [7, 11) is -4.10. The number of aromatic nitrogens is 3. The molecule has 1 atom stereocenters. The molecule has 216 valence electrons. The molecule has 0 aliphatic carbocycles. The van der Waals surface area contributed by atoms with Crippen molar-refractivity contribution in [2.24, 2.45) is 5.92 Å². The third kappa shape index (κ3) is 6.53. The SMILES string of the molecule is Cc1cc(Nc2ccc(F)cc2)c(C=N)cc1[C@H]1CN(S(=O)(=O)c2nn(CC(F)F)nc2C)CCN1CC(C)C. The standard InChI is InChI=1S/C27H34F3N7O2S/c1-17(2)14-35-9-10-36(40(38,39)27-19(4)33-37(34-27)16-26(29)30)15-25(35)23-12-20(13-31)24(11-18(23)3)32-22-7-5-21(28)6-8-22/h5-8,11-13,17,25-26,31-32H,9-10,14-16H2,1-4H3/t25-/m1/s1. The number of rotatable bonds is 10. The lowest BCUT2D eigenvalue weighted by atomic mass is 9.94. The first-order valence-corrected chi connectivity index (χ1v) is 14.4. The third-order valence-electron chi connectivity index (χ3n) is 6.80. The molecule has 2 aromatic carbocycles. The van der Waals surface area contributed by atoms with Gasteiger partial charge in [0.15, 0.2) is 0 Å². The van der Waals surface area contributed by atoms with Gasteiger partial charge in [0.2, 0.25) is 5.03 Å². The van der Waals surface area contributed by atoms with Gasteiger partial charge in [-0.2, -0.15) is 14.2 Å². The highest BCUT2D eigenvalue weighted by Crippen LogP contribution is 2.34. The van der Waals surface area contributed by atoms with Crippen LogP contribution < -0.4 is 5.32 Å². The van der Waals surface area contributed by atoms with Crippen LogP contribution in [0.1, 0.15) is 42.3 Å². The first-order chi connectivity index (χ1) is 18.9. The fourth-order valence-electron chi connectivity index (χ4n) is 5.00. The predicted molar refractivity (Wildman–Crippen MR) is 147 cm³/mol. The summed E-state index contributed by atoms with van der Waals surface area (Å²) >= 11 is 0. The van der Waals surface area contributed by atoms with E-state index in [1.165, 1.54) is 29.6 Å². The highest BCUT2D eigenvalue weighted by Gasteiger charge is 2.38. The first kappa shape index (κ1) is 29.7. The van der Waals surface area contributed by atoms with Gasteiger partial charge >= 0.3 is 0 Å². The van der Waals surface area contributed by atoms with Crippen LogP contribution in [0.2, 0.25) is 0 Å². The number of hydrogen-bond donors (Lipinski definition) is 2. The maximum Gasteiger partial charge on any atom is 0.264 e. The average Bonchev–Trinajstić information content (AvgIpc) is 3.25. The Hall–Kier alpha value is -3.29. The summed E-state index contributed by atoms with van der Waals surface area (Å²) < 4.78 is 67.7. The van der Waals surface area contributed by atoms with Crippen LogP contribution in [0.5, 0.6) is 0 Å². The molecule has 0 spiro atoms. The summed E-state index contributed by atoms with van der Waals surface area (Å²) in [5.41, 5.74) is 3.78. The maximum absolute atomic E-state index is 13.6. The highest BCUT2D eigenvalue weighted by molar-refractivity contribution is 7.89. The number of halogens is 3. The molecule has 13 heteroatoms. The van der Waals surface area contributed by atoms with Crippen LogP contribution in [0.25, 0.3) is 0 Å². The van der Waals surface area contributed by atoms with E-state index in [-0.39, 0.29) is 35.7 Å². The zero-order chi connectivity index (χ0) is 29.2. The van der Waals surface area contributed by atoms with Crippen LogP contribution in [0.15, 0.2) is 41.4 Å². The molecule has 9 nitrogen and oxygen atoms in total. The van der Waals surface area contributed by atoms with Gasteiger partial charge in [0.05, 0.1) is 0 Å². The summed E-state index contributed by atoms with van der Waals surface area (Å²) in [6, 6.07) is 9.39. The molecule has 3 aromatic rings. The summed E-state index contributed by atoms with van der Waals surface area (Å²) in [5.74, 6) is -0.0257. The minimum atomic E-state index is -4.10. The zero-order valence-electron chi connectivity index (χ0n) is 22.9. The summed E-state index contributed by atoms with van der Waals surface area (Å²) in [6.07, 6.45) is -1.48. The number of nitrogens with one attached hydrogen (secondary N) is 2. The van der Waals surface area contributed by atoms with E-state index in [1.54, 1.807) is 12.1 Å². The number of piperazine rings is 1. The van der Waals surface area contributed by atoms with Gasteiger partial charge in [0.25, 0.3) is 16.4 Å². The van der Waals surface area contributed by atoms with E-state index in [1.807, 2.05) is 19.1 Å². The van der Waals surface area contributed by atoms with Crippen LogP contribution in [0, 0.1) is 31.0 Å². The molecule has 1 fully saturated rings. The minimum Gasteiger partial charge on any atom is -0.355 e. The summed E-state index contributed by atoms with van der Waals surface area (Å²) in [5, 5.41) is 18.7. The summed E-state index contributed by atoms with van der Waals surface area (Å²) in [6.45, 7) is 8.31. The van der Waals surface area contributed by atoms with E-state index < -0.39 is 23.0 Å². The molecular formula is C27H34F3N7O2S. The maximum atomic E-state index is 13.6. The van der Waals surface area contributed by atoms with Crippen LogP contribution in [0.4, 0.5) is 24.5 Å². The molecule has 1 saturated heterocycles. The van der Waals surface area contributed by atoms with Crippen LogP contribution >= 0.6 is 0 Å². The number of benzene rings is 2. The Balaban J connectivity index is 1.68.